The molecule has 0 unspecified atom stereocenters. The molecule has 0 spiro atoms. The molecule has 0 aliphatic rings. The summed E-state index contributed by atoms with van der Waals surface area (Å²) in [5.74, 6) is 0.708. The fourth-order valence-corrected chi connectivity index (χ4v) is 2.04. The Kier molecular flexibility index (Phi) is 2.45. The van der Waals surface area contributed by atoms with Gasteiger partial charge in [0, 0.05) is 18.6 Å². The number of hydrogen-bond acceptors (Lipinski definition) is 4. The topological polar surface area (TPSA) is 93.7 Å². The van der Waals surface area contributed by atoms with E-state index in [0.717, 1.165) is 11.2 Å². The van der Waals surface area contributed by atoms with Crippen LogP contribution in [0.4, 0.5) is 0 Å². The van der Waals surface area contributed by atoms with Gasteiger partial charge >= 0.3 is 0 Å². The molecule has 0 aromatic carbocycles. The van der Waals surface area contributed by atoms with Crippen LogP contribution in [0.3, 0.4) is 0 Å². The van der Waals surface area contributed by atoms with Crippen molar-refractivity contribution in [2.24, 2.45) is 10.9 Å². The quantitative estimate of drug-likeness (QED) is 0.308. The second kappa shape index (κ2) is 4.13. The summed E-state index contributed by atoms with van der Waals surface area (Å²) in [5.41, 5.74) is 7.97. The number of nitrogens with zero attached hydrogens (tertiary/aromatic N) is 5. The molecule has 0 saturated heterocycles. The highest BCUT2D eigenvalue weighted by molar-refractivity contribution is 5.96. The second-order valence-electron chi connectivity index (χ2n) is 4.12. The summed E-state index contributed by atoms with van der Waals surface area (Å²) in [7, 11) is 0. The molecule has 3 heterocycles. The predicted molar refractivity (Wildman–Crippen MR) is 69.6 cm³/mol. The average Bonchev–Trinajstić information content (AvgIpc) is 3.01. The van der Waals surface area contributed by atoms with Crippen molar-refractivity contribution in [1.29, 1.82) is 0 Å². The molecule has 0 bridgehead atoms. The summed E-state index contributed by atoms with van der Waals surface area (Å²) < 4.78 is 3.50. The molecule has 3 rings (SSSR count). The van der Waals surface area contributed by atoms with Crippen LogP contribution in [0, 0.1) is 6.92 Å². The van der Waals surface area contributed by atoms with Crippen LogP contribution in [0.5, 0.6) is 0 Å². The molecular weight excluding hydrogens is 244 g/mol. The maximum atomic E-state index is 8.81. The van der Waals surface area contributed by atoms with Crippen molar-refractivity contribution in [1.82, 2.24) is 19.2 Å². The van der Waals surface area contributed by atoms with Crippen molar-refractivity contribution in [3.63, 3.8) is 0 Å². The van der Waals surface area contributed by atoms with Gasteiger partial charge in [-0.15, -0.1) is 0 Å². The average molecular weight is 256 g/mol. The summed E-state index contributed by atoms with van der Waals surface area (Å²) in [4.78, 5) is 4.35. The second-order valence-corrected chi connectivity index (χ2v) is 4.12. The first-order valence-corrected chi connectivity index (χ1v) is 5.67. The number of hydrogen-bond donors (Lipinski definition) is 2. The summed E-state index contributed by atoms with van der Waals surface area (Å²) >= 11 is 0. The van der Waals surface area contributed by atoms with E-state index in [2.05, 4.69) is 15.2 Å². The zero-order chi connectivity index (χ0) is 13.4. The Bertz CT molecular complexity index is 769. The van der Waals surface area contributed by atoms with Gasteiger partial charge in [0.25, 0.3) is 0 Å². The van der Waals surface area contributed by atoms with Gasteiger partial charge in [0.15, 0.2) is 11.7 Å². The lowest BCUT2D eigenvalue weighted by atomic mass is 10.3. The van der Waals surface area contributed by atoms with E-state index in [-0.39, 0.29) is 5.84 Å². The third kappa shape index (κ3) is 1.71. The van der Waals surface area contributed by atoms with Crippen molar-refractivity contribution in [3.05, 3.63) is 48.2 Å². The molecule has 3 aromatic rings. The number of amidine groups is 1. The van der Waals surface area contributed by atoms with Gasteiger partial charge < -0.3 is 10.9 Å². The lowest BCUT2D eigenvalue weighted by Crippen LogP contribution is -2.18. The van der Waals surface area contributed by atoms with Gasteiger partial charge in [0.05, 0.1) is 11.4 Å². The highest BCUT2D eigenvalue weighted by Gasteiger charge is 2.12. The normalized spacial score (nSPS) is 12.2. The van der Waals surface area contributed by atoms with E-state index in [1.165, 1.54) is 0 Å². The molecule has 3 aromatic heterocycles. The van der Waals surface area contributed by atoms with Crippen LogP contribution < -0.4 is 5.73 Å². The number of rotatable bonds is 2. The third-order valence-corrected chi connectivity index (χ3v) is 2.84. The molecule has 0 atom stereocenters. The zero-order valence-electron chi connectivity index (χ0n) is 10.2. The lowest BCUT2D eigenvalue weighted by molar-refractivity contribution is 0.318. The van der Waals surface area contributed by atoms with Gasteiger partial charge in [-0.3, -0.25) is 4.57 Å². The van der Waals surface area contributed by atoms with Crippen molar-refractivity contribution < 1.29 is 5.21 Å². The number of nitrogens with two attached hydrogens (primary N) is 1. The van der Waals surface area contributed by atoms with E-state index < -0.39 is 0 Å². The first kappa shape index (κ1) is 11.3. The molecule has 3 N–H and O–H groups in total. The van der Waals surface area contributed by atoms with E-state index in [1.807, 2.05) is 19.1 Å². The van der Waals surface area contributed by atoms with E-state index >= 15 is 0 Å². The van der Waals surface area contributed by atoms with Crippen LogP contribution in [-0.4, -0.2) is 30.2 Å². The highest BCUT2D eigenvalue weighted by atomic mass is 16.4. The maximum absolute atomic E-state index is 8.81. The van der Waals surface area contributed by atoms with Crippen molar-refractivity contribution in [2.75, 3.05) is 0 Å². The summed E-state index contributed by atoms with van der Waals surface area (Å²) in [6, 6.07) is 5.49. The van der Waals surface area contributed by atoms with Gasteiger partial charge in [0.2, 0.25) is 0 Å². The lowest BCUT2D eigenvalue weighted by Gasteiger charge is -2.08. The molecule has 19 heavy (non-hydrogen) atoms. The molecule has 0 saturated carbocycles. The van der Waals surface area contributed by atoms with Crippen LogP contribution in [0.1, 0.15) is 11.4 Å². The van der Waals surface area contributed by atoms with Crippen LogP contribution in [0.25, 0.3) is 11.3 Å². The molecule has 0 radical (unpaired) electrons. The van der Waals surface area contributed by atoms with Crippen LogP contribution in [0.2, 0.25) is 0 Å². The molecule has 0 amide bonds. The van der Waals surface area contributed by atoms with Gasteiger partial charge in [-0.25, -0.2) is 9.50 Å². The van der Waals surface area contributed by atoms with E-state index in [9.17, 15) is 0 Å². The first-order valence-electron chi connectivity index (χ1n) is 5.67. The van der Waals surface area contributed by atoms with Crippen LogP contribution in [0.15, 0.2) is 41.9 Å². The molecule has 7 heteroatoms. The molecule has 0 aliphatic carbocycles. The Balaban J connectivity index is 2.28. The summed E-state index contributed by atoms with van der Waals surface area (Å²) in [5, 5.41) is 16.2. The molecular formula is C12H12N6O. The number of fused-ring (bicyclic) bond motifs is 1. The van der Waals surface area contributed by atoms with Crippen LogP contribution >= 0.6 is 0 Å². The Morgan fingerprint density at radius 3 is 3.05 bits per heavy atom. The summed E-state index contributed by atoms with van der Waals surface area (Å²) in [6.07, 6.45) is 5.24. The molecule has 0 aliphatic heterocycles. The Labute approximate surface area is 108 Å². The van der Waals surface area contributed by atoms with Gasteiger partial charge in [0.1, 0.15) is 5.52 Å². The van der Waals surface area contributed by atoms with Gasteiger partial charge in [-0.1, -0.05) is 5.16 Å². The minimum absolute atomic E-state index is 0.0324. The Morgan fingerprint density at radius 1 is 1.42 bits per heavy atom. The first-order chi connectivity index (χ1) is 9.20. The van der Waals surface area contributed by atoms with Crippen molar-refractivity contribution >= 4 is 11.4 Å². The highest BCUT2D eigenvalue weighted by Crippen LogP contribution is 2.17. The minimum Gasteiger partial charge on any atom is -0.409 e. The smallest absolute Gasteiger partial charge is 0.187 e. The largest absolute Gasteiger partial charge is 0.409 e. The number of aromatic nitrogens is 4. The van der Waals surface area contributed by atoms with Crippen LogP contribution in [-0.2, 0) is 0 Å². The van der Waals surface area contributed by atoms with E-state index in [0.29, 0.717) is 11.5 Å². The predicted octanol–water partition coefficient (Wildman–Crippen LogP) is 0.923. The molecule has 96 valence electrons. The standard InChI is InChI=1S/C12H12N6O/c1-8-7-10-12(14-4-6-18(10)15-8)17-5-2-3-9(17)11(13)16-19/h2-7,19H,1H3,(H2,13,16). The number of aryl methyl sites for hydroxylation is 1. The van der Waals surface area contributed by atoms with E-state index in [1.54, 1.807) is 33.7 Å². The molecule has 0 fully saturated rings. The monoisotopic (exact) mass is 256 g/mol. The zero-order valence-corrected chi connectivity index (χ0v) is 10.2. The van der Waals surface area contributed by atoms with Gasteiger partial charge in [-0.2, -0.15) is 5.10 Å². The Morgan fingerprint density at radius 2 is 2.26 bits per heavy atom. The van der Waals surface area contributed by atoms with Crippen molar-refractivity contribution in [3.8, 4) is 5.82 Å². The molecule has 7 nitrogen and oxygen atoms in total. The minimum atomic E-state index is 0.0324. The fraction of sp³-hybridized carbons (Fsp3) is 0.0833. The van der Waals surface area contributed by atoms with E-state index in [4.69, 9.17) is 10.9 Å². The number of oxime groups is 1. The third-order valence-electron chi connectivity index (χ3n) is 2.84. The fourth-order valence-electron chi connectivity index (χ4n) is 2.04. The Hall–Kier alpha value is -2.83. The van der Waals surface area contributed by atoms with Gasteiger partial charge in [-0.05, 0) is 25.1 Å². The van der Waals surface area contributed by atoms with Crippen molar-refractivity contribution in [2.45, 2.75) is 6.92 Å². The summed E-state index contributed by atoms with van der Waals surface area (Å²) in [6.45, 7) is 1.91. The maximum Gasteiger partial charge on any atom is 0.187 e. The SMILES string of the molecule is Cc1cc2c(-n3cccc3/C(N)=N/O)nccn2n1.